The van der Waals surface area contributed by atoms with E-state index in [9.17, 15) is 5.11 Å². The number of nitrogens with two attached hydrogens (primary N) is 1. The van der Waals surface area contributed by atoms with Crippen LogP contribution in [0.25, 0.3) is 0 Å². The van der Waals surface area contributed by atoms with Crippen LogP contribution in [0.3, 0.4) is 0 Å². The summed E-state index contributed by atoms with van der Waals surface area (Å²) in [6.45, 7) is 1.92. The van der Waals surface area contributed by atoms with Crippen LogP contribution in [0.4, 0.5) is 5.82 Å². The topological polar surface area (TPSA) is 59.1 Å². The molecule has 0 radical (unpaired) electrons. The maximum Gasteiger partial charge on any atom is 0.123 e. The Morgan fingerprint density at radius 2 is 2.36 bits per heavy atom. The summed E-state index contributed by atoms with van der Waals surface area (Å²) in [6.07, 6.45) is 1.89. The first-order chi connectivity index (χ1) is 5.24. The molecule has 60 valence electrons. The van der Waals surface area contributed by atoms with Gasteiger partial charge in [0, 0.05) is 6.20 Å². The quantitative estimate of drug-likeness (QED) is 0.667. The summed E-state index contributed by atoms with van der Waals surface area (Å²) in [5.74, 6) is 0.483. The van der Waals surface area contributed by atoms with E-state index in [0.717, 1.165) is 5.56 Å². The fraction of sp³-hybridized carbons (Fsp3) is 0.375. The van der Waals surface area contributed by atoms with E-state index in [1.54, 1.807) is 18.3 Å². The second-order valence-electron chi connectivity index (χ2n) is 2.44. The first kappa shape index (κ1) is 8.01. The van der Waals surface area contributed by atoms with Crippen molar-refractivity contribution in [1.29, 1.82) is 0 Å². The molecule has 3 heteroatoms. The van der Waals surface area contributed by atoms with E-state index in [2.05, 4.69) is 4.98 Å². The number of hydrogen-bond acceptors (Lipinski definition) is 3. The zero-order valence-electron chi connectivity index (χ0n) is 6.49. The summed E-state index contributed by atoms with van der Waals surface area (Å²) in [6, 6.07) is 3.48. The number of aliphatic hydroxyl groups is 1. The van der Waals surface area contributed by atoms with Crippen LogP contribution in [0.1, 0.15) is 25.0 Å². The highest BCUT2D eigenvalue weighted by molar-refractivity contribution is 5.29. The maximum absolute atomic E-state index is 9.34. The highest BCUT2D eigenvalue weighted by atomic mass is 16.3. The Kier molecular flexibility index (Phi) is 2.44. The highest BCUT2D eigenvalue weighted by Gasteiger charge is 2.03. The summed E-state index contributed by atoms with van der Waals surface area (Å²) in [7, 11) is 0. The van der Waals surface area contributed by atoms with Gasteiger partial charge in [0.15, 0.2) is 0 Å². The van der Waals surface area contributed by atoms with E-state index < -0.39 is 6.10 Å². The molecule has 3 N–H and O–H groups in total. The molecule has 0 spiro atoms. The Bertz CT molecular complexity index is 220. The van der Waals surface area contributed by atoms with Gasteiger partial charge in [0.1, 0.15) is 5.82 Å². The SMILES string of the molecule is CC[C@H](O)c1ccc(N)nc1. The van der Waals surface area contributed by atoms with Gasteiger partial charge in [0.05, 0.1) is 6.10 Å². The van der Waals surface area contributed by atoms with Crippen molar-refractivity contribution in [3.8, 4) is 0 Å². The molecule has 11 heavy (non-hydrogen) atoms. The number of anilines is 1. The van der Waals surface area contributed by atoms with Gasteiger partial charge in [0.25, 0.3) is 0 Å². The van der Waals surface area contributed by atoms with Crippen molar-refractivity contribution in [3.63, 3.8) is 0 Å². The molecule has 1 atom stereocenters. The minimum atomic E-state index is -0.414. The summed E-state index contributed by atoms with van der Waals surface area (Å²) >= 11 is 0. The van der Waals surface area contributed by atoms with Gasteiger partial charge in [-0.2, -0.15) is 0 Å². The Hall–Kier alpha value is -1.09. The van der Waals surface area contributed by atoms with Crippen molar-refractivity contribution in [1.82, 2.24) is 4.98 Å². The fourth-order valence-corrected chi connectivity index (χ4v) is 0.850. The van der Waals surface area contributed by atoms with Crippen molar-refractivity contribution < 1.29 is 5.11 Å². The first-order valence-electron chi connectivity index (χ1n) is 3.63. The molecule has 0 saturated heterocycles. The van der Waals surface area contributed by atoms with Crippen LogP contribution in [0.15, 0.2) is 18.3 Å². The minimum absolute atomic E-state index is 0.414. The molecule has 0 fully saturated rings. The molecule has 1 heterocycles. The molecule has 0 aliphatic rings. The van der Waals surface area contributed by atoms with Crippen LogP contribution in [0.5, 0.6) is 0 Å². The lowest BCUT2D eigenvalue weighted by Crippen LogP contribution is -1.97. The summed E-state index contributed by atoms with van der Waals surface area (Å²) in [5.41, 5.74) is 6.20. The van der Waals surface area contributed by atoms with Gasteiger partial charge in [-0.15, -0.1) is 0 Å². The predicted molar refractivity (Wildman–Crippen MR) is 43.9 cm³/mol. The lowest BCUT2D eigenvalue weighted by atomic mass is 10.1. The van der Waals surface area contributed by atoms with E-state index in [0.29, 0.717) is 12.2 Å². The number of nitrogen functional groups attached to an aromatic ring is 1. The molecular weight excluding hydrogens is 140 g/mol. The molecule has 0 aliphatic heterocycles. The zero-order valence-corrected chi connectivity index (χ0v) is 6.49. The normalized spacial score (nSPS) is 12.9. The molecular formula is C8H12N2O. The van der Waals surface area contributed by atoms with E-state index in [1.807, 2.05) is 6.92 Å². The molecule has 0 unspecified atom stereocenters. The van der Waals surface area contributed by atoms with Crippen LogP contribution >= 0.6 is 0 Å². The van der Waals surface area contributed by atoms with Gasteiger partial charge in [-0.3, -0.25) is 0 Å². The van der Waals surface area contributed by atoms with E-state index >= 15 is 0 Å². The molecule has 1 aromatic rings. The molecule has 0 bridgehead atoms. The Morgan fingerprint density at radius 3 is 2.82 bits per heavy atom. The number of pyridine rings is 1. The van der Waals surface area contributed by atoms with E-state index in [-0.39, 0.29) is 0 Å². The van der Waals surface area contributed by atoms with Gasteiger partial charge in [-0.1, -0.05) is 13.0 Å². The van der Waals surface area contributed by atoms with Crippen LogP contribution in [-0.4, -0.2) is 10.1 Å². The van der Waals surface area contributed by atoms with Crippen molar-refractivity contribution in [2.75, 3.05) is 5.73 Å². The standard InChI is InChI=1S/C8H12N2O/c1-2-7(11)6-3-4-8(9)10-5-6/h3-5,7,11H,2H2,1H3,(H2,9,10)/t7-/m0/s1. The average molecular weight is 152 g/mol. The Morgan fingerprint density at radius 1 is 1.64 bits per heavy atom. The summed E-state index contributed by atoms with van der Waals surface area (Å²) < 4.78 is 0. The van der Waals surface area contributed by atoms with Crippen LogP contribution in [-0.2, 0) is 0 Å². The van der Waals surface area contributed by atoms with Crippen molar-refractivity contribution in [2.24, 2.45) is 0 Å². The number of nitrogens with zero attached hydrogens (tertiary/aromatic N) is 1. The smallest absolute Gasteiger partial charge is 0.123 e. The fourth-order valence-electron chi connectivity index (χ4n) is 0.850. The lowest BCUT2D eigenvalue weighted by Gasteiger charge is -2.06. The predicted octanol–water partition coefficient (Wildman–Crippen LogP) is 1.11. The number of rotatable bonds is 2. The highest BCUT2D eigenvalue weighted by Crippen LogP contribution is 2.14. The molecule has 0 saturated carbocycles. The van der Waals surface area contributed by atoms with Gasteiger partial charge >= 0.3 is 0 Å². The summed E-state index contributed by atoms with van der Waals surface area (Å²) in [4.78, 5) is 3.87. The number of hydrogen-bond donors (Lipinski definition) is 2. The van der Waals surface area contributed by atoms with E-state index in [1.165, 1.54) is 0 Å². The lowest BCUT2D eigenvalue weighted by molar-refractivity contribution is 0.173. The van der Waals surface area contributed by atoms with Crippen LogP contribution in [0.2, 0.25) is 0 Å². The second-order valence-corrected chi connectivity index (χ2v) is 2.44. The molecule has 0 aliphatic carbocycles. The van der Waals surface area contributed by atoms with Gasteiger partial charge in [-0.25, -0.2) is 4.98 Å². The summed E-state index contributed by atoms with van der Waals surface area (Å²) in [5, 5.41) is 9.34. The van der Waals surface area contributed by atoms with Gasteiger partial charge in [0.2, 0.25) is 0 Å². The second kappa shape index (κ2) is 3.34. The Balaban J connectivity index is 2.81. The third kappa shape index (κ3) is 1.91. The van der Waals surface area contributed by atoms with Crippen molar-refractivity contribution in [3.05, 3.63) is 23.9 Å². The van der Waals surface area contributed by atoms with Crippen molar-refractivity contribution >= 4 is 5.82 Å². The monoisotopic (exact) mass is 152 g/mol. The first-order valence-corrected chi connectivity index (χ1v) is 3.63. The third-order valence-electron chi connectivity index (χ3n) is 1.58. The Labute approximate surface area is 65.9 Å². The number of aromatic nitrogens is 1. The van der Waals surface area contributed by atoms with Crippen LogP contribution in [0, 0.1) is 0 Å². The largest absolute Gasteiger partial charge is 0.388 e. The molecule has 0 aromatic carbocycles. The molecule has 3 nitrogen and oxygen atoms in total. The molecule has 1 rings (SSSR count). The third-order valence-corrected chi connectivity index (χ3v) is 1.58. The van der Waals surface area contributed by atoms with E-state index in [4.69, 9.17) is 5.73 Å². The maximum atomic E-state index is 9.34. The molecule has 1 aromatic heterocycles. The zero-order chi connectivity index (χ0) is 8.27. The van der Waals surface area contributed by atoms with Gasteiger partial charge in [-0.05, 0) is 18.1 Å². The van der Waals surface area contributed by atoms with Crippen molar-refractivity contribution in [2.45, 2.75) is 19.4 Å². The van der Waals surface area contributed by atoms with Crippen LogP contribution < -0.4 is 5.73 Å². The average Bonchev–Trinajstić information content (AvgIpc) is 2.05. The van der Waals surface area contributed by atoms with Gasteiger partial charge < -0.3 is 10.8 Å². The minimum Gasteiger partial charge on any atom is -0.388 e. The number of aliphatic hydroxyl groups excluding tert-OH is 1. The molecule has 0 amide bonds.